The van der Waals surface area contributed by atoms with E-state index in [4.69, 9.17) is 9.47 Å². The molecule has 2 aliphatic rings. The Bertz CT molecular complexity index is 1130. The summed E-state index contributed by atoms with van der Waals surface area (Å²) < 4.78 is 10.6. The molecule has 1 saturated heterocycles. The van der Waals surface area contributed by atoms with Gasteiger partial charge in [-0.3, -0.25) is 14.5 Å². The Hall–Kier alpha value is -3.73. The largest absolute Gasteiger partial charge is 0.463 e. The van der Waals surface area contributed by atoms with Gasteiger partial charge in [0.1, 0.15) is 6.61 Å². The van der Waals surface area contributed by atoms with E-state index in [1.165, 1.54) is 11.3 Å². The Labute approximate surface area is 199 Å². The number of amides is 3. The molecule has 1 fully saturated rings. The van der Waals surface area contributed by atoms with Crippen molar-refractivity contribution in [2.24, 2.45) is 0 Å². The number of esters is 2. The first-order chi connectivity index (χ1) is 16.5. The van der Waals surface area contributed by atoms with Gasteiger partial charge in [-0.25, -0.2) is 14.6 Å². The summed E-state index contributed by atoms with van der Waals surface area (Å²) in [5.74, 6) is -1.17. The molecule has 11 heteroatoms. The van der Waals surface area contributed by atoms with Crippen molar-refractivity contribution < 1.29 is 28.7 Å². The van der Waals surface area contributed by atoms with E-state index in [0.717, 1.165) is 6.42 Å². The van der Waals surface area contributed by atoms with Crippen LogP contribution in [0.2, 0.25) is 0 Å². The second-order valence-electron chi connectivity index (χ2n) is 7.66. The number of ether oxygens (including phenoxy) is 2. The Morgan fingerprint density at radius 2 is 2.00 bits per heavy atom. The van der Waals surface area contributed by atoms with Crippen LogP contribution in [-0.2, 0) is 30.3 Å². The van der Waals surface area contributed by atoms with E-state index in [1.807, 2.05) is 6.07 Å². The minimum Gasteiger partial charge on any atom is -0.463 e. The van der Waals surface area contributed by atoms with Crippen LogP contribution < -0.4 is 15.5 Å². The molecule has 2 aliphatic heterocycles. The molecule has 2 aromatic rings. The summed E-state index contributed by atoms with van der Waals surface area (Å²) in [6, 6.07) is 7.71. The average Bonchev–Trinajstić information content (AvgIpc) is 3.46. The van der Waals surface area contributed by atoms with Crippen LogP contribution in [0.15, 0.2) is 47.0 Å². The lowest BCUT2D eigenvalue weighted by molar-refractivity contribution is -0.143. The number of carbonyl (C=O) groups excluding carboxylic acids is 4. The van der Waals surface area contributed by atoms with Gasteiger partial charge in [0.05, 0.1) is 36.0 Å². The van der Waals surface area contributed by atoms with E-state index in [0.29, 0.717) is 29.4 Å². The number of thiazole rings is 1. The highest BCUT2D eigenvalue weighted by atomic mass is 32.1. The van der Waals surface area contributed by atoms with Crippen LogP contribution in [0, 0.1) is 0 Å². The second-order valence-corrected chi connectivity index (χ2v) is 8.50. The molecule has 10 nitrogen and oxygen atoms in total. The smallest absolute Gasteiger partial charge is 0.338 e. The molecule has 178 valence electrons. The van der Waals surface area contributed by atoms with Gasteiger partial charge in [0.2, 0.25) is 5.91 Å². The predicted octanol–water partition coefficient (Wildman–Crippen LogP) is 2.23. The molecule has 1 aromatic carbocycles. The third kappa shape index (κ3) is 5.25. The van der Waals surface area contributed by atoms with Gasteiger partial charge in [-0.05, 0) is 18.9 Å². The molecule has 4 rings (SSSR count). The summed E-state index contributed by atoms with van der Waals surface area (Å²) in [4.78, 5) is 55.4. The minimum atomic E-state index is -0.748. The average molecular weight is 485 g/mol. The van der Waals surface area contributed by atoms with E-state index >= 15 is 0 Å². The molecule has 34 heavy (non-hydrogen) atoms. The maximum absolute atomic E-state index is 12.7. The van der Waals surface area contributed by atoms with Gasteiger partial charge in [-0.2, -0.15) is 0 Å². The Kier molecular flexibility index (Phi) is 7.21. The second kappa shape index (κ2) is 10.5. The monoisotopic (exact) mass is 484 g/mol. The quantitative estimate of drug-likeness (QED) is 0.550. The zero-order valence-corrected chi connectivity index (χ0v) is 19.4. The van der Waals surface area contributed by atoms with Crippen molar-refractivity contribution in [2.45, 2.75) is 32.2 Å². The van der Waals surface area contributed by atoms with Crippen LogP contribution in [-0.4, -0.2) is 48.6 Å². The lowest BCUT2D eigenvalue weighted by atomic mass is 9.95. The number of nitrogens with one attached hydrogen (secondary N) is 2. The molecular weight excluding hydrogens is 460 g/mol. The van der Waals surface area contributed by atoms with Crippen LogP contribution in [0.3, 0.4) is 0 Å². The minimum absolute atomic E-state index is 0.0246. The summed E-state index contributed by atoms with van der Waals surface area (Å²) in [5, 5.41) is 7.56. The maximum atomic E-state index is 12.7. The Balaban J connectivity index is 1.48. The van der Waals surface area contributed by atoms with Crippen LogP contribution in [0.1, 0.15) is 37.1 Å². The van der Waals surface area contributed by atoms with Crippen molar-refractivity contribution in [3.8, 4) is 0 Å². The summed E-state index contributed by atoms with van der Waals surface area (Å²) >= 11 is 1.30. The summed E-state index contributed by atoms with van der Waals surface area (Å²) in [7, 11) is 0. The molecule has 0 saturated carbocycles. The SMILES string of the molecule is CCOC(=O)C1=C(COC(=O)Cc2csc(N3CCCC3=O)n2)NC(=O)NC1c1ccccc1. The molecule has 1 atom stereocenters. The fourth-order valence-electron chi connectivity index (χ4n) is 3.78. The van der Waals surface area contributed by atoms with E-state index < -0.39 is 24.0 Å². The van der Waals surface area contributed by atoms with Gasteiger partial charge in [-0.15, -0.1) is 11.3 Å². The lowest BCUT2D eigenvalue weighted by Crippen LogP contribution is -2.47. The van der Waals surface area contributed by atoms with Gasteiger partial charge >= 0.3 is 18.0 Å². The highest BCUT2D eigenvalue weighted by Gasteiger charge is 2.34. The van der Waals surface area contributed by atoms with Crippen molar-refractivity contribution in [3.05, 3.63) is 58.2 Å². The van der Waals surface area contributed by atoms with Crippen molar-refractivity contribution in [3.63, 3.8) is 0 Å². The van der Waals surface area contributed by atoms with Crippen LogP contribution >= 0.6 is 11.3 Å². The van der Waals surface area contributed by atoms with Crippen LogP contribution in [0.5, 0.6) is 0 Å². The Morgan fingerprint density at radius 3 is 2.71 bits per heavy atom. The summed E-state index contributed by atoms with van der Waals surface area (Å²) in [5.41, 5.74) is 1.51. The molecule has 1 aromatic heterocycles. The van der Waals surface area contributed by atoms with E-state index in [9.17, 15) is 19.2 Å². The number of benzene rings is 1. The zero-order valence-electron chi connectivity index (χ0n) is 18.5. The van der Waals surface area contributed by atoms with Gasteiger partial charge < -0.3 is 20.1 Å². The fraction of sp³-hybridized carbons (Fsp3) is 0.348. The van der Waals surface area contributed by atoms with Crippen molar-refractivity contribution >= 4 is 40.3 Å². The third-order valence-electron chi connectivity index (χ3n) is 5.33. The number of aromatic nitrogens is 1. The lowest BCUT2D eigenvalue weighted by Gasteiger charge is -2.29. The number of hydrogen-bond donors (Lipinski definition) is 2. The number of hydrogen-bond acceptors (Lipinski definition) is 8. The molecular formula is C23H24N4O6S. The van der Waals surface area contributed by atoms with Gasteiger partial charge in [0.15, 0.2) is 5.13 Å². The number of rotatable bonds is 8. The predicted molar refractivity (Wildman–Crippen MR) is 123 cm³/mol. The van der Waals surface area contributed by atoms with E-state index in [-0.39, 0.29) is 36.8 Å². The highest BCUT2D eigenvalue weighted by molar-refractivity contribution is 7.14. The van der Waals surface area contributed by atoms with Gasteiger partial charge in [0, 0.05) is 18.3 Å². The van der Waals surface area contributed by atoms with Gasteiger partial charge in [-0.1, -0.05) is 30.3 Å². The highest BCUT2D eigenvalue weighted by Crippen LogP contribution is 2.28. The van der Waals surface area contributed by atoms with E-state index in [1.54, 1.807) is 41.5 Å². The molecule has 2 N–H and O–H groups in total. The number of carbonyl (C=O) groups is 4. The van der Waals surface area contributed by atoms with Crippen molar-refractivity contribution in [2.75, 3.05) is 24.7 Å². The molecule has 3 amide bonds. The third-order valence-corrected chi connectivity index (χ3v) is 6.24. The van der Waals surface area contributed by atoms with E-state index in [2.05, 4.69) is 15.6 Å². The fourth-order valence-corrected chi connectivity index (χ4v) is 4.65. The first-order valence-corrected chi connectivity index (χ1v) is 11.8. The van der Waals surface area contributed by atoms with Gasteiger partial charge in [0.25, 0.3) is 0 Å². The summed E-state index contributed by atoms with van der Waals surface area (Å²) in [6.07, 6.45) is 1.19. The molecule has 0 aliphatic carbocycles. The first-order valence-electron chi connectivity index (χ1n) is 10.9. The molecule has 0 spiro atoms. The molecule has 0 radical (unpaired) electrons. The first kappa shape index (κ1) is 23.4. The van der Waals surface area contributed by atoms with Crippen molar-refractivity contribution in [1.82, 2.24) is 15.6 Å². The Morgan fingerprint density at radius 1 is 1.21 bits per heavy atom. The number of nitrogens with zero attached hydrogens (tertiary/aromatic N) is 2. The summed E-state index contributed by atoms with van der Waals surface area (Å²) in [6.45, 7) is 2.14. The molecule has 1 unspecified atom stereocenters. The number of urea groups is 1. The molecule has 0 bridgehead atoms. The van der Waals surface area contributed by atoms with Crippen LogP contribution in [0.4, 0.5) is 9.93 Å². The maximum Gasteiger partial charge on any atom is 0.338 e. The molecule has 3 heterocycles. The number of anilines is 1. The standard InChI is InChI=1S/C23H24N4O6S/c1-2-32-21(30)19-16(25-22(31)26-20(19)14-7-4-3-5-8-14)12-33-18(29)11-15-13-34-23(24-15)27-10-6-9-17(27)28/h3-5,7-8,13,20H,2,6,9-12H2,1H3,(H2,25,26,31). The zero-order chi connectivity index (χ0) is 24.1. The normalized spacial score (nSPS) is 17.9. The van der Waals surface area contributed by atoms with Crippen molar-refractivity contribution in [1.29, 1.82) is 0 Å². The topological polar surface area (TPSA) is 127 Å². The van der Waals surface area contributed by atoms with Crippen LogP contribution in [0.25, 0.3) is 0 Å².